The number of hydrogen-bond donors (Lipinski definition) is 2. The van der Waals surface area contributed by atoms with E-state index in [1.165, 1.54) is 7.11 Å². The molecule has 0 saturated carbocycles. The molecule has 0 fully saturated rings. The van der Waals surface area contributed by atoms with Gasteiger partial charge < -0.3 is 19.7 Å². The highest BCUT2D eigenvalue weighted by atomic mass is 16.5. The van der Waals surface area contributed by atoms with E-state index in [0.717, 1.165) is 17.5 Å². The average Bonchev–Trinajstić information content (AvgIpc) is 2.57. The van der Waals surface area contributed by atoms with Gasteiger partial charge >= 0.3 is 0 Å². The molecule has 2 rings (SSSR count). The summed E-state index contributed by atoms with van der Waals surface area (Å²) in [6.45, 7) is 2.53. The normalized spacial score (nSPS) is 11.2. The van der Waals surface area contributed by atoms with Gasteiger partial charge in [-0.3, -0.25) is 0 Å². The van der Waals surface area contributed by atoms with Crippen LogP contribution in [0.4, 0.5) is 0 Å². The van der Waals surface area contributed by atoms with Gasteiger partial charge in [-0.05, 0) is 41.8 Å². The van der Waals surface area contributed by atoms with Crippen molar-refractivity contribution in [3.05, 3.63) is 59.7 Å². The van der Waals surface area contributed by atoms with Crippen LogP contribution >= 0.6 is 0 Å². The Morgan fingerprint density at radius 2 is 1.75 bits per heavy atom. The molecule has 0 radical (unpaired) electrons. The third kappa shape index (κ3) is 5.09. The van der Waals surface area contributed by atoms with Crippen LogP contribution in [0.1, 0.15) is 24.5 Å². The molecule has 126 valence electrons. The zero-order chi connectivity index (χ0) is 17.4. The van der Waals surface area contributed by atoms with E-state index < -0.39 is 0 Å². The molecular weight excluding hydrogens is 304 g/mol. The van der Waals surface area contributed by atoms with Gasteiger partial charge in [0.2, 0.25) is 0 Å². The Kier molecular flexibility index (Phi) is 6.32. The number of methoxy groups -OCH3 is 1. The summed E-state index contributed by atoms with van der Waals surface area (Å²) < 4.78 is 10.7. The smallest absolute Gasteiger partial charge is 0.161 e. The summed E-state index contributed by atoms with van der Waals surface area (Å²) in [5.74, 6) is 1.27. The molecule has 24 heavy (non-hydrogen) atoms. The van der Waals surface area contributed by atoms with E-state index in [-0.39, 0.29) is 11.5 Å². The van der Waals surface area contributed by atoms with Crippen LogP contribution in [0.3, 0.4) is 0 Å². The van der Waals surface area contributed by atoms with E-state index in [1.54, 1.807) is 30.3 Å². The van der Waals surface area contributed by atoms with Crippen molar-refractivity contribution in [3.63, 3.8) is 0 Å². The highest BCUT2D eigenvalue weighted by molar-refractivity contribution is 5.72. The molecule has 0 unspecified atom stereocenters. The van der Waals surface area contributed by atoms with Gasteiger partial charge in [-0.25, -0.2) is 0 Å². The van der Waals surface area contributed by atoms with Crippen LogP contribution in [-0.2, 0) is 0 Å². The lowest BCUT2D eigenvalue weighted by Gasteiger charge is -2.06. The van der Waals surface area contributed by atoms with Gasteiger partial charge in [0.1, 0.15) is 18.1 Å². The number of ether oxygens (including phenoxy) is 2. The van der Waals surface area contributed by atoms with Gasteiger partial charge in [-0.2, -0.15) is 0 Å². The van der Waals surface area contributed by atoms with E-state index in [2.05, 4.69) is 6.92 Å². The molecule has 2 aromatic carbocycles. The lowest BCUT2D eigenvalue weighted by Crippen LogP contribution is -1.93. The minimum atomic E-state index is 0.0998. The van der Waals surface area contributed by atoms with Gasteiger partial charge in [0.05, 0.1) is 7.11 Å². The van der Waals surface area contributed by atoms with Crippen LogP contribution in [0, 0.1) is 0 Å². The highest BCUT2D eigenvalue weighted by Gasteiger charge is 2.02. The maximum absolute atomic E-state index is 9.83. The summed E-state index contributed by atoms with van der Waals surface area (Å²) >= 11 is 0. The largest absolute Gasteiger partial charge is 0.508 e. The summed E-state index contributed by atoms with van der Waals surface area (Å²) in [6, 6.07) is 10.2. The van der Waals surface area contributed by atoms with Crippen LogP contribution in [0.5, 0.6) is 23.0 Å². The Hall–Kier alpha value is -2.88. The van der Waals surface area contributed by atoms with Crippen LogP contribution in [-0.4, -0.2) is 23.9 Å². The third-order valence-electron chi connectivity index (χ3n) is 3.33. The summed E-state index contributed by atoms with van der Waals surface area (Å²) in [7, 11) is 1.51. The highest BCUT2D eigenvalue weighted by Crippen LogP contribution is 2.28. The molecule has 0 aliphatic heterocycles. The van der Waals surface area contributed by atoms with Crippen molar-refractivity contribution in [2.45, 2.75) is 13.3 Å². The molecule has 2 aromatic rings. The second-order valence-electron chi connectivity index (χ2n) is 5.22. The maximum atomic E-state index is 9.83. The second kappa shape index (κ2) is 8.67. The first-order valence-electron chi connectivity index (χ1n) is 7.79. The molecule has 0 amide bonds. The van der Waals surface area contributed by atoms with Crippen molar-refractivity contribution in [1.82, 2.24) is 0 Å². The molecule has 0 atom stereocenters. The first-order valence-corrected chi connectivity index (χ1v) is 7.79. The lowest BCUT2D eigenvalue weighted by atomic mass is 10.1. The monoisotopic (exact) mass is 326 g/mol. The number of hydrogen-bond acceptors (Lipinski definition) is 4. The maximum Gasteiger partial charge on any atom is 0.161 e. The standard InChI is InChI=1S/C20H22O4/c1-3-4-5-10-24-18-12-16(11-17(21)14-18)7-6-15-8-9-19(22)20(13-15)23-2/h4-9,11-14,21-22H,3,10H2,1-2H3/b5-4+,7-6+. The molecule has 0 spiro atoms. The molecular formula is C20H22O4. The van der Waals surface area contributed by atoms with Crippen molar-refractivity contribution in [1.29, 1.82) is 0 Å². The number of phenolic OH excluding ortho intramolecular Hbond substituents is 2. The Balaban J connectivity index is 2.14. The summed E-state index contributed by atoms with van der Waals surface area (Å²) in [4.78, 5) is 0. The zero-order valence-corrected chi connectivity index (χ0v) is 13.9. The number of rotatable bonds is 7. The number of allylic oxidation sites excluding steroid dienone is 1. The van der Waals surface area contributed by atoms with Crippen molar-refractivity contribution < 1.29 is 19.7 Å². The molecule has 0 bridgehead atoms. The molecule has 4 heteroatoms. The fraction of sp³-hybridized carbons (Fsp3) is 0.200. The Bertz CT molecular complexity index is 732. The van der Waals surface area contributed by atoms with Gasteiger partial charge in [0.25, 0.3) is 0 Å². The van der Waals surface area contributed by atoms with Crippen LogP contribution in [0.15, 0.2) is 48.6 Å². The summed E-state index contributed by atoms with van der Waals surface area (Å²) in [6.07, 6.45) is 8.68. The van der Waals surface area contributed by atoms with Crippen molar-refractivity contribution in [2.75, 3.05) is 13.7 Å². The van der Waals surface area contributed by atoms with Crippen LogP contribution in [0.25, 0.3) is 12.2 Å². The van der Waals surface area contributed by atoms with E-state index in [1.807, 2.05) is 30.4 Å². The minimum absolute atomic E-state index is 0.0998. The lowest BCUT2D eigenvalue weighted by molar-refractivity contribution is 0.359. The Morgan fingerprint density at radius 3 is 2.50 bits per heavy atom. The van der Waals surface area contributed by atoms with Crippen LogP contribution in [0.2, 0.25) is 0 Å². The summed E-state index contributed by atoms with van der Waals surface area (Å²) in [5, 5.41) is 19.4. The van der Waals surface area contributed by atoms with Gasteiger partial charge in [-0.1, -0.05) is 37.3 Å². The van der Waals surface area contributed by atoms with E-state index >= 15 is 0 Å². The van der Waals surface area contributed by atoms with Gasteiger partial charge in [0.15, 0.2) is 11.5 Å². The first kappa shape index (κ1) is 17.5. The molecule has 0 aromatic heterocycles. The predicted octanol–water partition coefficient (Wildman–Crippen LogP) is 4.62. The Labute approximate surface area is 142 Å². The topological polar surface area (TPSA) is 58.9 Å². The van der Waals surface area contributed by atoms with E-state index in [4.69, 9.17) is 9.47 Å². The van der Waals surface area contributed by atoms with Crippen LogP contribution < -0.4 is 9.47 Å². The molecule has 4 nitrogen and oxygen atoms in total. The quantitative estimate of drug-likeness (QED) is 0.576. The predicted molar refractivity (Wildman–Crippen MR) is 96.6 cm³/mol. The zero-order valence-electron chi connectivity index (χ0n) is 13.9. The number of benzene rings is 2. The average molecular weight is 326 g/mol. The molecule has 0 heterocycles. The fourth-order valence-corrected chi connectivity index (χ4v) is 2.15. The number of phenols is 2. The SMILES string of the molecule is CC/C=C/COc1cc(O)cc(/C=C/c2ccc(O)c(OC)c2)c1. The van der Waals surface area contributed by atoms with Crippen molar-refractivity contribution in [3.8, 4) is 23.0 Å². The molecule has 0 aliphatic rings. The summed E-state index contributed by atoms with van der Waals surface area (Å²) in [5.41, 5.74) is 1.69. The first-order chi connectivity index (χ1) is 11.6. The fourth-order valence-electron chi connectivity index (χ4n) is 2.15. The van der Waals surface area contributed by atoms with Gasteiger partial charge in [0, 0.05) is 6.07 Å². The Morgan fingerprint density at radius 1 is 0.958 bits per heavy atom. The molecule has 0 aliphatic carbocycles. The molecule has 2 N–H and O–H groups in total. The van der Waals surface area contributed by atoms with Crippen molar-refractivity contribution in [2.24, 2.45) is 0 Å². The van der Waals surface area contributed by atoms with Gasteiger partial charge in [-0.15, -0.1) is 0 Å². The molecule has 0 saturated heterocycles. The number of aromatic hydroxyl groups is 2. The van der Waals surface area contributed by atoms with E-state index in [0.29, 0.717) is 18.1 Å². The third-order valence-corrected chi connectivity index (χ3v) is 3.33. The second-order valence-corrected chi connectivity index (χ2v) is 5.22. The van der Waals surface area contributed by atoms with Crippen molar-refractivity contribution >= 4 is 12.2 Å². The minimum Gasteiger partial charge on any atom is -0.508 e. The van der Waals surface area contributed by atoms with E-state index in [9.17, 15) is 10.2 Å².